The van der Waals surface area contributed by atoms with Gasteiger partial charge in [-0.05, 0) is 13.8 Å². The minimum atomic E-state index is -2.80. The average Bonchev–Trinajstić information content (AvgIpc) is 2.38. The second-order valence-electron chi connectivity index (χ2n) is 3.18. The fraction of sp³-hybridized carbons (Fsp3) is 0.455. The summed E-state index contributed by atoms with van der Waals surface area (Å²) in [7, 11) is 0. The van der Waals surface area contributed by atoms with E-state index in [1.54, 1.807) is 18.2 Å². The fourth-order valence-corrected chi connectivity index (χ4v) is 3.10. The van der Waals surface area contributed by atoms with Crippen molar-refractivity contribution in [1.29, 1.82) is 0 Å². The van der Waals surface area contributed by atoms with Gasteiger partial charge in [0.1, 0.15) is 6.61 Å². The number of ether oxygens (including phenoxy) is 1. The van der Waals surface area contributed by atoms with Crippen molar-refractivity contribution in [1.82, 2.24) is 10.2 Å². The first-order chi connectivity index (χ1) is 9.13. The summed E-state index contributed by atoms with van der Waals surface area (Å²) in [6.07, 6.45) is 1.62. The van der Waals surface area contributed by atoms with Crippen LogP contribution in [0, 0.1) is 0 Å². The van der Waals surface area contributed by atoms with Gasteiger partial charge in [0.2, 0.25) is 11.8 Å². The van der Waals surface area contributed by atoms with Gasteiger partial charge in [0.15, 0.2) is 0 Å². The van der Waals surface area contributed by atoms with Gasteiger partial charge in [-0.3, -0.25) is 9.05 Å². The van der Waals surface area contributed by atoms with Crippen molar-refractivity contribution < 1.29 is 18.3 Å². The summed E-state index contributed by atoms with van der Waals surface area (Å²) in [5.41, 5.74) is 0. The summed E-state index contributed by atoms with van der Waals surface area (Å²) in [6.45, 7) is 5.56. The minimum Gasteiger partial charge on any atom is -0.472 e. The summed E-state index contributed by atoms with van der Waals surface area (Å²) in [5, 5.41) is 7.69. The monoisotopic (exact) mass is 304 g/mol. The van der Waals surface area contributed by atoms with Crippen LogP contribution in [0.15, 0.2) is 24.8 Å². The molecule has 1 heterocycles. The molecule has 8 heteroatoms. The molecule has 0 unspecified atom stereocenters. The van der Waals surface area contributed by atoms with Gasteiger partial charge in [-0.15, -0.1) is 10.2 Å². The summed E-state index contributed by atoms with van der Waals surface area (Å²) in [5.74, 6) is 0.629. The summed E-state index contributed by atoms with van der Waals surface area (Å²) in [6, 6.07) is 3.23. The van der Waals surface area contributed by atoms with Crippen LogP contribution in [0.1, 0.15) is 13.8 Å². The normalized spacial score (nSPS) is 11.1. The maximum Gasteiger partial charge on any atom is 0.381 e. The van der Waals surface area contributed by atoms with Crippen LogP contribution in [0.3, 0.4) is 0 Å². The van der Waals surface area contributed by atoms with E-state index in [0.29, 0.717) is 25.7 Å². The van der Waals surface area contributed by atoms with Gasteiger partial charge >= 0.3 is 6.72 Å². The standard InChI is InChI=1S/C11H17N2O4PS/c1-4-9-14-10-7-8-11(13-12-10)17-18(19,15-5-2)16-6-3/h4,7-8H,1,5-6,9H2,2-3H3. The van der Waals surface area contributed by atoms with Gasteiger partial charge in [-0.1, -0.05) is 12.7 Å². The van der Waals surface area contributed by atoms with Gasteiger partial charge in [-0.25, -0.2) is 0 Å². The zero-order valence-corrected chi connectivity index (χ0v) is 12.7. The maximum absolute atomic E-state index is 5.47. The Morgan fingerprint density at radius 2 is 1.79 bits per heavy atom. The topological polar surface area (TPSA) is 62.7 Å². The Kier molecular flexibility index (Phi) is 6.94. The van der Waals surface area contributed by atoms with Crippen LogP contribution in [-0.2, 0) is 20.9 Å². The van der Waals surface area contributed by atoms with Crippen molar-refractivity contribution in [3.05, 3.63) is 24.8 Å². The third kappa shape index (κ3) is 5.65. The zero-order chi connectivity index (χ0) is 14.1. The molecular formula is C11H17N2O4PS. The molecule has 0 radical (unpaired) electrons. The van der Waals surface area contributed by atoms with E-state index in [9.17, 15) is 0 Å². The molecule has 0 aliphatic rings. The van der Waals surface area contributed by atoms with Crippen LogP contribution >= 0.6 is 6.72 Å². The SMILES string of the molecule is C=CCOc1ccc(OP(=S)(OCC)OCC)nn1. The highest BCUT2D eigenvalue weighted by molar-refractivity contribution is 8.07. The molecule has 0 atom stereocenters. The van der Waals surface area contributed by atoms with Crippen LogP contribution in [0.5, 0.6) is 11.8 Å². The van der Waals surface area contributed by atoms with E-state index in [-0.39, 0.29) is 5.88 Å². The van der Waals surface area contributed by atoms with Gasteiger partial charge in [0, 0.05) is 23.9 Å². The molecule has 1 aromatic rings. The third-order valence-electron chi connectivity index (χ3n) is 1.74. The van der Waals surface area contributed by atoms with Gasteiger partial charge in [0.05, 0.1) is 13.2 Å². The molecule has 0 aliphatic heterocycles. The zero-order valence-electron chi connectivity index (χ0n) is 10.9. The molecule has 19 heavy (non-hydrogen) atoms. The molecule has 6 nitrogen and oxygen atoms in total. The van der Waals surface area contributed by atoms with E-state index in [0.717, 1.165) is 0 Å². The Morgan fingerprint density at radius 3 is 2.26 bits per heavy atom. The summed E-state index contributed by atoms with van der Waals surface area (Å²) in [4.78, 5) is 0. The Labute approximate surface area is 118 Å². The van der Waals surface area contributed by atoms with Crippen LogP contribution in [0.4, 0.5) is 0 Å². The number of hydrogen-bond acceptors (Lipinski definition) is 7. The van der Waals surface area contributed by atoms with Crippen molar-refractivity contribution in [3.63, 3.8) is 0 Å². The lowest BCUT2D eigenvalue weighted by Crippen LogP contribution is -2.04. The molecular weight excluding hydrogens is 287 g/mol. The second kappa shape index (κ2) is 8.22. The molecule has 1 rings (SSSR count). The first-order valence-electron chi connectivity index (χ1n) is 5.79. The second-order valence-corrected chi connectivity index (χ2v) is 6.12. The lowest BCUT2D eigenvalue weighted by Gasteiger charge is -2.19. The van der Waals surface area contributed by atoms with Crippen LogP contribution < -0.4 is 9.26 Å². The minimum absolute atomic E-state index is 0.246. The summed E-state index contributed by atoms with van der Waals surface area (Å²) >= 11 is 5.22. The Hall–Kier alpha value is -1.01. The average molecular weight is 304 g/mol. The smallest absolute Gasteiger partial charge is 0.381 e. The molecule has 0 fully saturated rings. The Morgan fingerprint density at radius 1 is 1.21 bits per heavy atom. The number of hydrogen-bond donors (Lipinski definition) is 0. The van der Waals surface area contributed by atoms with Crippen molar-refractivity contribution in [3.8, 4) is 11.8 Å². The highest BCUT2D eigenvalue weighted by Crippen LogP contribution is 2.49. The molecule has 0 saturated carbocycles. The quantitative estimate of drug-likeness (QED) is 0.513. The molecule has 0 amide bonds. The van der Waals surface area contributed by atoms with Crippen molar-refractivity contribution in [2.75, 3.05) is 19.8 Å². The van der Waals surface area contributed by atoms with E-state index < -0.39 is 6.72 Å². The lowest BCUT2D eigenvalue weighted by atomic mass is 10.5. The molecule has 0 aliphatic carbocycles. The van der Waals surface area contributed by atoms with E-state index in [1.807, 2.05) is 13.8 Å². The number of nitrogens with zero attached hydrogens (tertiary/aromatic N) is 2. The Balaban J connectivity index is 2.69. The first kappa shape index (κ1) is 16.0. The molecule has 0 bridgehead atoms. The van der Waals surface area contributed by atoms with E-state index >= 15 is 0 Å². The van der Waals surface area contributed by atoms with Gasteiger partial charge in [-0.2, -0.15) is 0 Å². The summed E-state index contributed by atoms with van der Waals surface area (Å²) < 4.78 is 21.4. The van der Waals surface area contributed by atoms with E-state index in [4.69, 9.17) is 30.1 Å². The van der Waals surface area contributed by atoms with Gasteiger partial charge < -0.3 is 9.26 Å². The predicted octanol–water partition coefficient (Wildman–Crippen LogP) is 2.72. The van der Waals surface area contributed by atoms with Gasteiger partial charge in [0.25, 0.3) is 0 Å². The number of rotatable bonds is 9. The molecule has 0 aromatic carbocycles. The fourth-order valence-electron chi connectivity index (χ4n) is 1.10. The van der Waals surface area contributed by atoms with Crippen LogP contribution in [-0.4, -0.2) is 30.0 Å². The predicted molar refractivity (Wildman–Crippen MR) is 75.9 cm³/mol. The molecule has 0 spiro atoms. The molecule has 0 N–H and O–H groups in total. The van der Waals surface area contributed by atoms with Crippen LogP contribution in [0.25, 0.3) is 0 Å². The van der Waals surface area contributed by atoms with Crippen molar-refractivity contribution in [2.24, 2.45) is 0 Å². The third-order valence-corrected chi connectivity index (χ3v) is 4.16. The highest BCUT2D eigenvalue weighted by Gasteiger charge is 2.22. The van der Waals surface area contributed by atoms with Crippen molar-refractivity contribution in [2.45, 2.75) is 13.8 Å². The van der Waals surface area contributed by atoms with E-state index in [2.05, 4.69) is 16.8 Å². The Bertz CT molecular complexity index is 431. The van der Waals surface area contributed by atoms with Crippen molar-refractivity contribution >= 4 is 18.5 Å². The highest BCUT2D eigenvalue weighted by atomic mass is 32.5. The maximum atomic E-state index is 5.47. The first-order valence-corrected chi connectivity index (χ1v) is 8.35. The largest absolute Gasteiger partial charge is 0.472 e. The lowest BCUT2D eigenvalue weighted by molar-refractivity contribution is 0.215. The number of aromatic nitrogens is 2. The molecule has 106 valence electrons. The molecule has 0 saturated heterocycles. The van der Waals surface area contributed by atoms with Crippen LogP contribution in [0.2, 0.25) is 0 Å². The van der Waals surface area contributed by atoms with E-state index in [1.165, 1.54) is 0 Å². The molecule has 1 aromatic heterocycles.